The van der Waals surface area contributed by atoms with Crippen LogP contribution in [-0.2, 0) is 4.74 Å². The van der Waals surface area contributed by atoms with Crippen molar-refractivity contribution in [3.05, 3.63) is 23.9 Å². The second-order valence-corrected chi connectivity index (χ2v) is 5.15. The van der Waals surface area contributed by atoms with Crippen LogP contribution in [0.3, 0.4) is 0 Å². The molecule has 0 unspecified atom stereocenters. The van der Waals surface area contributed by atoms with E-state index >= 15 is 0 Å². The van der Waals surface area contributed by atoms with Crippen LogP contribution in [-0.4, -0.2) is 35.7 Å². The number of hydrogen-bond acceptors (Lipinski definition) is 4. The number of carbonyl (C=O) groups is 1. The summed E-state index contributed by atoms with van der Waals surface area (Å²) >= 11 is 0. The van der Waals surface area contributed by atoms with Crippen LogP contribution in [0.2, 0.25) is 0 Å². The van der Waals surface area contributed by atoms with Gasteiger partial charge in [0.1, 0.15) is 5.82 Å². The zero-order chi connectivity index (χ0) is 19.3. The lowest BCUT2D eigenvalue weighted by Crippen LogP contribution is -2.72. The van der Waals surface area contributed by atoms with Crippen LogP contribution in [0.5, 0.6) is 0 Å². The van der Waals surface area contributed by atoms with Crippen LogP contribution in [0, 0.1) is 6.92 Å². The summed E-state index contributed by atoms with van der Waals surface area (Å²) in [5, 5.41) is 2.14. The Hall–Kier alpha value is -2.20. The zero-order valence-corrected chi connectivity index (χ0v) is 13.4. The number of ether oxygens (including phenoxy) is 1. The minimum atomic E-state index is -5.92. The van der Waals surface area contributed by atoms with Crippen molar-refractivity contribution in [3.8, 4) is 0 Å². The van der Waals surface area contributed by atoms with Gasteiger partial charge in [0.05, 0.1) is 6.61 Å². The summed E-state index contributed by atoms with van der Waals surface area (Å²) in [7, 11) is 0. The third-order valence-electron chi connectivity index (χ3n) is 3.07. The molecule has 0 bridgehead atoms. The van der Waals surface area contributed by atoms with Gasteiger partial charge in [0.2, 0.25) is 0 Å². The number of alkyl halides is 6. The molecular formula is C14H17F6N3O2. The summed E-state index contributed by atoms with van der Waals surface area (Å²) in [5.41, 5.74) is -4.56. The van der Waals surface area contributed by atoms with Gasteiger partial charge < -0.3 is 10.1 Å². The second kappa shape index (κ2) is 7.79. The maximum Gasteiger partial charge on any atom is 0.439 e. The maximum atomic E-state index is 13.3. The van der Waals surface area contributed by atoms with E-state index in [2.05, 4.69) is 9.72 Å². The number of alkyl carbamates (subject to hydrolysis) is 1. The van der Waals surface area contributed by atoms with Gasteiger partial charge in [-0.3, -0.25) is 5.32 Å². The standard InChI is InChI=1S/C14H17F6N3O2/c1-3-4-8-25-11(24)23-12(13(15,16)17,14(18,19)20)22-10-7-5-6-9(2)21-10/h5-7H,3-4,8H2,1-2H3,(H,21,22)(H,23,24). The molecular weight excluding hydrogens is 356 g/mol. The molecule has 0 aromatic carbocycles. The summed E-state index contributed by atoms with van der Waals surface area (Å²) in [6, 6.07) is 3.53. The van der Waals surface area contributed by atoms with Crippen molar-refractivity contribution >= 4 is 11.9 Å². The Morgan fingerprint density at radius 1 is 1.16 bits per heavy atom. The number of aromatic nitrogens is 1. The Kier molecular flexibility index (Phi) is 6.49. The molecule has 0 saturated heterocycles. The van der Waals surface area contributed by atoms with E-state index in [-0.39, 0.29) is 12.3 Å². The van der Waals surface area contributed by atoms with Crippen LogP contribution in [0.4, 0.5) is 37.0 Å². The van der Waals surface area contributed by atoms with Crippen LogP contribution >= 0.6 is 0 Å². The minimum absolute atomic E-state index is 0.189. The smallest absolute Gasteiger partial charge is 0.439 e. The number of rotatable bonds is 6. The molecule has 0 atom stereocenters. The first-order chi connectivity index (χ1) is 11.4. The number of anilines is 1. The molecule has 142 valence electrons. The monoisotopic (exact) mass is 373 g/mol. The first-order valence-corrected chi connectivity index (χ1v) is 7.23. The fraction of sp³-hybridized carbons (Fsp3) is 0.571. The number of nitrogens with zero attached hydrogens (tertiary/aromatic N) is 1. The van der Waals surface area contributed by atoms with E-state index in [4.69, 9.17) is 0 Å². The highest BCUT2D eigenvalue weighted by Crippen LogP contribution is 2.43. The van der Waals surface area contributed by atoms with E-state index in [9.17, 15) is 31.1 Å². The van der Waals surface area contributed by atoms with Crippen molar-refractivity contribution in [2.45, 2.75) is 44.7 Å². The third kappa shape index (κ3) is 5.13. The van der Waals surface area contributed by atoms with E-state index in [1.54, 1.807) is 6.92 Å². The van der Waals surface area contributed by atoms with Gasteiger partial charge in [-0.2, -0.15) is 26.3 Å². The Morgan fingerprint density at radius 2 is 1.76 bits per heavy atom. The average molecular weight is 373 g/mol. The highest BCUT2D eigenvalue weighted by molar-refractivity contribution is 5.69. The molecule has 0 fully saturated rings. The van der Waals surface area contributed by atoms with Crippen LogP contribution in [0.1, 0.15) is 25.5 Å². The highest BCUT2D eigenvalue weighted by Gasteiger charge is 2.73. The molecule has 0 saturated carbocycles. The van der Waals surface area contributed by atoms with E-state index in [1.165, 1.54) is 24.4 Å². The summed E-state index contributed by atoms with van der Waals surface area (Å²) < 4.78 is 84.3. The van der Waals surface area contributed by atoms with Crippen molar-refractivity contribution in [1.82, 2.24) is 10.3 Å². The Morgan fingerprint density at radius 3 is 2.24 bits per heavy atom. The summed E-state index contributed by atoms with van der Waals surface area (Å²) in [6.45, 7) is 2.79. The Balaban J connectivity index is 3.22. The lowest BCUT2D eigenvalue weighted by Gasteiger charge is -2.38. The van der Waals surface area contributed by atoms with Crippen molar-refractivity contribution in [2.24, 2.45) is 0 Å². The molecule has 0 aliphatic carbocycles. The van der Waals surface area contributed by atoms with Gasteiger partial charge in [-0.15, -0.1) is 0 Å². The molecule has 11 heteroatoms. The number of halogens is 6. The van der Waals surface area contributed by atoms with Crippen molar-refractivity contribution in [2.75, 3.05) is 11.9 Å². The normalized spacial score (nSPS) is 12.6. The van der Waals surface area contributed by atoms with E-state index in [0.717, 1.165) is 11.4 Å². The second-order valence-electron chi connectivity index (χ2n) is 5.15. The summed E-state index contributed by atoms with van der Waals surface area (Å²) in [6.07, 6.45) is -12.8. The average Bonchev–Trinajstić information content (AvgIpc) is 2.44. The molecule has 0 spiro atoms. The van der Waals surface area contributed by atoms with E-state index < -0.39 is 29.9 Å². The van der Waals surface area contributed by atoms with Crippen molar-refractivity contribution in [1.29, 1.82) is 0 Å². The van der Waals surface area contributed by atoms with Gasteiger partial charge in [0.25, 0.3) is 0 Å². The fourth-order valence-corrected chi connectivity index (χ4v) is 1.78. The molecule has 0 aliphatic rings. The van der Waals surface area contributed by atoms with Gasteiger partial charge in [-0.25, -0.2) is 9.78 Å². The van der Waals surface area contributed by atoms with Gasteiger partial charge in [0, 0.05) is 5.69 Å². The van der Waals surface area contributed by atoms with Gasteiger partial charge in [-0.05, 0) is 25.5 Å². The maximum absolute atomic E-state index is 13.3. The lowest BCUT2D eigenvalue weighted by molar-refractivity contribution is -0.295. The number of carbonyl (C=O) groups excluding carboxylic acids is 1. The van der Waals surface area contributed by atoms with Crippen LogP contribution < -0.4 is 10.6 Å². The molecule has 1 aromatic rings. The van der Waals surface area contributed by atoms with Crippen LogP contribution in [0.25, 0.3) is 0 Å². The number of aryl methyl sites for hydroxylation is 1. The lowest BCUT2D eigenvalue weighted by atomic mass is 10.1. The molecule has 1 amide bonds. The SMILES string of the molecule is CCCCOC(=O)NC(Nc1cccc(C)n1)(C(F)(F)F)C(F)(F)F. The number of nitrogens with one attached hydrogen (secondary N) is 2. The fourth-order valence-electron chi connectivity index (χ4n) is 1.78. The third-order valence-corrected chi connectivity index (χ3v) is 3.07. The van der Waals surface area contributed by atoms with Gasteiger partial charge in [-0.1, -0.05) is 19.4 Å². The Bertz CT molecular complexity index is 575. The topological polar surface area (TPSA) is 63.2 Å². The quantitative estimate of drug-likeness (QED) is 0.447. The minimum Gasteiger partial charge on any atom is -0.450 e. The van der Waals surface area contributed by atoms with E-state index in [0.29, 0.717) is 12.8 Å². The summed E-state index contributed by atoms with van der Waals surface area (Å²) in [5.74, 6) is -0.705. The van der Waals surface area contributed by atoms with E-state index in [1.807, 2.05) is 0 Å². The number of pyridine rings is 1. The highest BCUT2D eigenvalue weighted by atomic mass is 19.4. The molecule has 1 aromatic heterocycles. The predicted octanol–water partition coefficient (Wildman–Crippen LogP) is 4.15. The molecule has 25 heavy (non-hydrogen) atoms. The Labute approximate surface area is 139 Å². The van der Waals surface area contributed by atoms with Crippen molar-refractivity contribution < 1.29 is 35.9 Å². The first-order valence-electron chi connectivity index (χ1n) is 7.23. The molecule has 1 rings (SSSR count). The molecule has 5 nitrogen and oxygen atoms in total. The summed E-state index contributed by atoms with van der Waals surface area (Å²) in [4.78, 5) is 15.1. The van der Waals surface area contributed by atoms with Crippen LogP contribution in [0.15, 0.2) is 18.2 Å². The number of hydrogen-bond donors (Lipinski definition) is 2. The number of amides is 1. The molecule has 2 N–H and O–H groups in total. The van der Waals surface area contributed by atoms with Crippen molar-refractivity contribution in [3.63, 3.8) is 0 Å². The predicted molar refractivity (Wildman–Crippen MR) is 76.8 cm³/mol. The van der Waals surface area contributed by atoms with Gasteiger partial charge in [0.15, 0.2) is 0 Å². The molecule has 0 radical (unpaired) electrons. The largest absolute Gasteiger partial charge is 0.450 e. The molecule has 0 aliphatic heterocycles. The van der Waals surface area contributed by atoms with Gasteiger partial charge >= 0.3 is 24.1 Å². The number of unbranched alkanes of at least 4 members (excludes halogenated alkanes) is 1. The molecule has 1 heterocycles. The zero-order valence-electron chi connectivity index (χ0n) is 13.4. The first kappa shape index (κ1) is 20.8.